The molecule has 1 saturated heterocycles. The van der Waals surface area contributed by atoms with Crippen LogP contribution in [0.2, 0.25) is 0 Å². The molecule has 1 aliphatic heterocycles. The van der Waals surface area contributed by atoms with Crippen LogP contribution < -0.4 is 4.74 Å². The fourth-order valence-electron chi connectivity index (χ4n) is 3.49. The van der Waals surface area contributed by atoms with Gasteiger partial charge in [0.1, 0.15) is 11.3 Å². The minimum Gasteiger partial charge on any atom is -0.497 e. The second-order valence-corrected chi connectivity index (χ2v) is 8.00. The molecule has 3 heterocycles. The molecule has 0 spiro atoms. The summed E-state index contributed by atoms with van der Waals surface area (Å²) in [4.78, 5) is 19.0. The Hall–Kier alpha value is -2.35. The van der Waals surface area contributed by atoms with Crippen LogP contribution in [-0.2, 0) is 11.8 Å². The molecule has 0 aliphatic carbocycles. The maximum Gasteiger partial charge on any atom is 0.233 e. The van der Waals surface area contributed by atoms with Crippen molar-refractivity contribution in [2.45, 2.75) is 24.9 Å². The van der Waals surface area contributed by atoms with Crippen molar-refractivity contribution in [3.05, 3.63) is 18.2 Å². The summed E-state index contributed by atoms with van der Waals surface area (Å²) >= 11 is 1.35. The van der Waals surface area contributed by atoms with Crippen LogP contribution in [0.5, 0.6) is 5.75 Å². The van der Waals surface area contributed by atoms with Crippen molar-refractivity contribution < 1.29 is 9.53 Å². The molecule has 1 amide bonds. The molecule has 3 aromatic rings. The lowest BCUT2D eigenvalue weighted by Crippen LogP contribution is -2.38. The Morgan fingerprint density at radius 3 is 2.81 bits per heavy atom. The van der Waals surface area contributed by atoms with Crippen LogP contribution in [-0.4, -0.2) is 56.5 Å². The number of methoxy groups -OCH3 is 1. The van der Waals surface area contributed by atoms with Gasteiger partial charge < -0.3 is 14.2 Å². The zero-order valence-electron chi connectivity index (χ0n) is 15.8. The van der Waals surface area contributed by atoms with Gasteiger partial charge in [0.25, 0.3) is 0 Å². The Balaban J connectivity index is 1.54. The molecule has 0 saturated carbocycles. The van der Waals surface area contributed by atoms with Crippen molar-refractivity contribution in [3.8, 4) is 5.75 Å². The molecule has 142 valence electrons. The number of amides is 1. The van der Waals surface area contributed by atoms with Crippen molar-refractivity contribution in [1.29, 1.82) is 0 Å². The van der Waals surface area contributed by atoms with Gasteiger partial charge in [-0.1, -0.05) is 18.7 Å². The van der Waals surface area contributed by atoms with Gasteiger partial charge in [-0.15, -0.1) is 10.2 Å². The zero-order chi connectivity index (χ0) is 19.0. The van der Waals surface area contributed by atoms with Gasteiger partial charge in [-0.2, -0.15) is 0 Å². The number of carbonyl (C=O) groups excluding carboxylic acids is 1. The van der Waals surface area contributed by atoms with Gasteiger partial charge in [-0.05, 0) is 37.0 Å². The molecule has 4 rings (SSSR count). The second kappa shape index (κ2) is 7.34. The highest BCUT2D eigenvalue weighted by Gasteiger charge is 2.21. The van der Waals surface area contributed by atoms with Gasteiger partial charge in [0.15, 0.2) is 5.65 Å². The molecule has 7 nitrogen and oxygen atoms in total. The van der Waals surface area contributed by atoms with E-state index in [1.807, 2.05) is 34.7 Å². The van der Waals surface area contributed by atoms with E-state index in [2.05, 4.69) is 22.1 Å². The number of benzene rings is 1. The van der Waals surface area contributed by atoms with E-state index in [9.17, 15) is 4.79 Å². The molecule has 0 N–H and O–H groups in total. The minimum absolute atomic E-state index is 0.150. The summed E-state index contributed by atoms with van der Waals surface area (Å²) in [6.07, 6.45) is 2.17. The third-order valence-electron chi connectivity index (χ3n) is 5.25. The number of nitrogens with zero attached hydrogens (tertiary/aromatic N) is 5. The number of rotatable bonds is 4. The summed E-state index contributed by atoms with van der Waals surface area (Å²) in [7, 11) is 3.60. The summed E-state index contributed by atoms with van der Waals surface area (Å²) in [5.41, 5.74) is 2.52. The van der Waals surface area contributed by atoms with Gasteiger partial charge in [0.2, 0.25) is 11.1 Å². The standard InChI is InChI=1S/C19H23N5O2S/c1-12-6-8-24(9-7-12)16(25)11-27-19-20-18-17(21-22-19)14-10-13(26-3)4-5-15(14)23(18)2/h4-5,10,12H,6-9,11H2,1-3H3. The van der Waals surface area contributed by atoms with Gasteiger partial charge in [0.05, 0.1) is 18.4 Å². The zero-order valence-corrected chi connectivity index (χ0v) is 16.6. The van der Waals surface area contributed by atoms with E-state index in [-0.39, 0.29) is 5.91 Å². The maximum absolute atomic E-state index is 12.4. The molecule has 2 aromatic heterocycles. The van der Waals surface area contributed by atoms with Crippen molar-refractivity contribution in [1.82, 2.24) is 24.6 Å². The SMILES string of the molecule is COc1ccc2c(c1)c1nnc(SCC(=O)N3CCC(C)CC3)nc1n2C. The van der Waals surface area contributed by atoms with Crippen molar-refractivity contribution >= 4 is 39.7 Å². The molecule has 0 radical (unpaired) electrons. The first kappa shape index (κ1) is 18.0. The van der Waals surface area contributed by atoms with E-state index in [1.165, 1.54) is 11.8 Å². The summed E-state index contributed by atoms with van der Waals surface area (Å²) in [6.45, 7) is 3.94. The number of piperidine rings is 1. The Morgan fingerprint density at radius 1 is 1.30 bits per heavy atom. The number of ether oxygens (including phenoxy) is 1. The predicted molar refractivity (Wildman–Crippen MR) is 106 cm³/mol. The lowest BCUT2D eigenvalue weighted by Gasteiger charge is -2.30. The number of thioether (sulfide) groups is 1. The Labute approximate surface area is 162 Å². The lowest BCUT2D eigenvalue weighted by molar-refractivity contribution is -0.129. The van der Waals surface area contributed by atoms with Crippen LogP contribution in [0.25, 0.3) is 22.1 Å². The fourth-order valence-corrected chi connectivity index (χ4v) is 4.17. The normalized spacial score (nSPS) is 15.6. The predicted octanol–water partition coefficient (Wildman–Crippen LogP) is 2.88. The van der Waals surface area contributed by atoms with Gasteiger partial charge in [-0.25, -0.2) is 4.98 Å². The molecule has 1 aliphatic rings. The van der Waals surface area contributed by atoms with Crippen LogP contribution in [0.4, 0.5) is 0 Å². The molecular weight excluding hydrogens is 362 g/mol. The second-order valence-electron chi connectivity index (χ2n) is 7.06. The van der Waals surface area contributed by atoms with Crippen LogP contribution >= 0.6 is 11.8 Å². The largest absolute Gasteiger partial charge is 0.497 e. The number of hydrogen-bond acceptors (Lipinski definition) is 6. The highest BCUT2D eigenvalue weighted by molar-refractivity contribution is 7.99. The first-order valence-electron chi connectivity index (χ1n) is 9.14. The summed E-state index contributed by atoms with van der Waals surface area (Å²) in [5.74, 6) is 1.98. The minimum atomic E-state index is 0.150. The van der Waals surface area contributed by atoms with E-state index in [0.29, 0.717) is 16.8 Å². The maximum atomic E-state index is 12.4. The molecule has 8 heteroatoms. The number of aromatic nitrogens is 4. The molecule has 0 unspecified atom stereocenters. The molecule has 0 bridgehead atoms. The van der Waals surface area contributed by atoms with Gasteiger partial charge >= 0.3 is 0 Å². The fraction of sp³-hybridized carbons (Fsp3) is 0.474. The third kappa shape index (κ3) is 3.45. The summed E-state index contributed by atoms with van der Waals surface area (Å²) in [5, 5.41) is 10.1. The number of fused-ring (bicyclic) bond motifs is 3. The van der Waals surface area contributed by atoms with E-state index < -0.39 is 0 Å². The third-order valence-corrected chi connectivity index (χ3v) is 6.07. The Bertz CT molecular complexity index is 995. The average molecular weight is 385 g/mol. The number of likely N-dealkylation sites (tertiary alicyclic amines) is 1. The molecule has 1 aromatic carbocycles. The molecular formula is C19H23N5O2S. The Morgan fingerprint density at radius 2 is 2.07 bits per heavy atom. The van der Waals surface area contributed by atoms with Crippen molar-refractivity contribution in [2.24, 2.45) is 13.0 Å². The highest BCUT2D eigenvalue weighted by Crippen LogP contribution is 2.29. The smallest absolute Gasteiger partial charge is 0.233 e. The topological polar surface area (TPSA) is 73.1 Å². The highest BCUT2D eigenvalue weighted by atomic mass is 32.2. The Kier molecular flexibility index (Phi) is 4.90. The number of hydrogen-bond donors (Lipinski definition) is 0. The van der Waals surface area contributed by atoms with Gasteiger partial charge in [-0.3, -0.25) is 4.79 Å². The summed E-state index contributed by atoms with van der Waals surface area (Å²) in [6, 6.07) is 5.86. The first-order chi connectivity index (χ1) is 13.1. The van der Waals surface area contributed by atoms with Crippen LogP contribution in [0, 0.1) is 5.92 Å². The number of aryl methyl sites for hydroxylation is 1. The van der Waals surface area contributed by atoms with Crippen LogP contribution in [0.3, 0.4) is 0 Å². The van der Waals surface area contributed by atoms with E-state index in [1.54, 1.807) is 7.11 Å². The van der Waals surface area contributed by atoms with Crippen LogP contribution in [0.15, 0.2) is 23.4 Å². The van der Waals surface area contributed by atoms with Crippen molar-refractivity contribution in [3.63, 3.8) is 0 Å². The van der Waals surface area contributed by atoms with Crippen molar-refractivity contribution in [2.75, 3.05) is 26.0 Å². The first-order valence-corrected chi connectivity index (χ1v) is 10.1. The molecule has 27 heavy (non-hydrogen) atoms. The molecule has 0 atom stereocenters. The quantitative estimate of drug-likeness (QED) is 0.643. The van der Waals surface area contributed by atoms with E-state index in [0.717, 1.165) is 53.7 Å². The van der Waals surface area contributed by atoms with Gasteiger partial charge in [0, 0.05) is 25.5 Å². The molecule has 1 fully saturated rings. The number of carbonyl (C=O) groups is 1. The van der Waals surface area contributed by atoms with E-state index in [4.69, 9.17) is 4.74 Å². The average Bonchev–Trinajstić information content (AvgIpc) is 2.98. The summed E-state index contributed by atoms with van der Waals surface area (Å²) < 4.78 is 7.31. The van der Waals surface area contributed by atoms with E-state index >= 15 is 0 Å². The lowest BCUT2D eigenvalue weighted by atomic mass is 9.99. The monoisotopic (exact) mass is 385 g/mol. The van der Waals surface area contributed by atoms with Crippen LogP contribution in [0.1, 0.15) is 19.8 Å².